The van der Waals surface area contributed by atoms with Crippen molar-refractivity contribution in [2.75, 3.05) is 19.6 Å². The molecule has 1 fully saturated rings. The highest BCUT2D eigenvalue weighted by Crippen LogP contribution is 2.23. The maximum absolute atomic E-state index is 14.2. The van der Waals surface area contributed by atoms with Gasteiger partial charge in [0.2, 0.25) is 0 Å². The molecule has 2 aromatic carbocycles. The summed E-state index contributed by atoms with van der Waals surface area (Å²) in [5.41, 5.74) is 3.07. The molecule has 0 unspecified atom stereocenters. The van der Waals surface area contributed by atoms with Crippen LogP contribution in [0, 0.1) is 5.82 Å². The summed E-state index contributed by atoms with van der Waals surface area (Å²) in [6.45, 7) is 6.21. The van der Waals surface area contributed by atoms with Crippen LogP contribution in [-0.4, -0.2) is 45.6 Å². The molecule has 1 aliphatic heterocycles. The molecule has 0 bridgehead atoms. The monoisotopic (exact) mass is 427 g/mol. The van der Waals surface area contributed by atoms with E-state index in [0.717, 1.165) is 30.0 Å². The minimum atomic E-state index is -0.346. The quantitative estimate of drug-likeness (QED) is 0.580. The first-order chi connectivity index (χ1) is 14.7. The lowest BCUT2D eigenvalue weighted by Crippen LogP contribution is -2.37. The Hall–Kier alpha value is -2.28. The Kier molecular flexibility index (Phi) is 6.77. The Balaban J connectivity index is 1.54. The van der Waals surface area contributed by atoms with E-state index in [9.17, 15) is 4.39 Å². The Labute approximate surface area is 181 Å². The third kappa shape index (κ3) is 4.72. The van der Waals surface area contributed by atoms with Gasteiger partial charge in [-0.15, -0.1) is 0 Å². The minimum Gasteiger partial charge on any atom is -0.309 e. The third-order valence-electron chi connectivity index (χ3n) is 5.71. The van der Waals surface area contributed by atoms with Gasteiger partial charge >= 0.3 is 0 Å². The van der Waals surface area contributed by atoms with Crippen LogP contribution in [0.15, 0.2) is 48.5 Å². The molecule has 7 heteroatoms. The second-order valence-electron chi connectivity index (χ2n) is 7.65. The van der Waals surface area contributed by atoms with Crippen molar-refractivity contribution in [3.05, 3.63) is 70.6 Å². The Morgan fingerprint density at radius 2 is 1.97 bits per heavy atom. The molecule has 0 saturated carbocycles. The Bertz CT molecular complexity index is 955. The van der Waals surface area contributed by atoms with E-state index in [1.807, 2.05) is 30.3 Å². The van der Waals surface area contributed by atoms with E-state index in [2.05, 4.69) is 27.3 Å². The molecule has 1 N–H and O–H groups in total. The van der Waals surface area contributed by atoms with Gasteiger partial charge in [0.15, 0.2) is 0 Å². The van der Waals surface area contributed by atoms with Gasteiger partial charge in [0.05, 0.1) is 6.54 Å². The lowest BCUT2D eigenvalue weighted by molar-refractivity contribution is 0.259. The zero-order chi connectivity index (χ0) is 20.9. The molecule has 5 nitrogen and oxygen atoms in total. The minimum absolute atomic E-state index is 0.192. The number of hydrogen-bond donors (Lipinski definition) is 1. The van der Waals surface area contributed by atoms with Gasteiger partial charge in [-0.05, 0) is 38.1 Å². The third-order valence-corrected chi connectivity index (χ3v) is 6.07. The van der Waals surface area contributed by atoms with E-state index in [-0.39, 0.29) is 12.4 Å². The number of rotatable bonds is 8. The number of halogens is 2. The van der Waals surface area contributed by atoms with Gasteiger partial charge in [-0.1, -0.05) is 54.9 Å². The number of nitrogens with one attached hydrogen (secondary N) is 1. The van der Waals surface area contributed by atoms with E-state index >= 15 is 0 Å². The van der Waals surface area contributed by atoms with E-state index < -0.39 is 0 Å². The predicted octanol–water partition coefficient (Wildman–Crippen LogP) is 4.36. The van der Waals surface area contributed by atoms with E-state index in [1.54, 1.807) is 12.1 Å². The molecule has 1 aromatic heterocycles. The number of nitrogens with zero attached hydrogens (tertiary/aromatic N) is 4. The van der Waals surface area contributed by atoms with Crippen LogP contribution in [0.3, 0.4) is 0 Å². The summed E-state index contributed by atoms with van der Waals surface area (Å²) >= 11 is 6.20. The molecule has 4 rings (SSSR count). The van der Waals surface area contributed by atoms with Gasteiger partial charge in [-0.2, -0.15) is 15.0 Å². The topological polar surface area (TPSA) is 46.0 Å². The Morgan fingerprint density at radius 1 is 1.13 bits per heavy atom. The number of likely N-dealkylation sites (tertiary alicyclic amines) is 1. The summed E-state index contributed by atoms with van der Waals surface area (Å²) in [4.78, 5) is 4.06. The number of benzene rings is 2. The van der Waals surface area contributed by atoms with Crippen molar-refractivity contribution in [3.8, 4) is 11.3 Å². The van der Waals surface area contributed by atoms with Crippen LogP contribution in [0.2, 0.25) is 5.02 Å². The van der Waals surface area contributed by atoms with Crippen molar-refractivity contribution in [2.45, 2.75) is 38.9 Å². The molecule has 158 valence electrons. The second kappa shape index (κ2) is 9.69. The second-order valence-corrected chi connectivity index (χ2v) is 8.05. The molecule has 1 saturated heterocycles. The molecule has 0 spiro atoms. The molecular formula is C23H27ClFN5. The maximum Gasteiger partial charge on any atom is 0.129 e. The number of aromatic nitrogens is 3. The molecule has 1 atom stereocenters. The molecule has 30 heavy (non-hydrogen) atoms. The fraction of sp³-hybridized carbons (Fsp3) is 0.391. The first-order valence-corrected chi connectivity index (χ1v) is 10.9. The zero-order valence-corrected chi connectivity index (χ0v) is 17.9. The Morgan fingerprint density at radius 3 is 2.73 bits per heavy atom. The molecule has 0 radical (unpaired) electrons. The fourth-order valence-electron chi connectivity index (χ4n) is 4.12. The van der Waals surface area contributed by atoms with Crippen molar-refractivity contribution in [1.29, 1.82) is 0 Å². The fourth-order valence-corrected chi connectivity index (χ4v) is 4.34. The highest BCUT2D eigenvalue weighted by atomic mass is 35.5. The van der Waals surface area contributed by atoms with Crippen molar-refractivity contribution in [1.82, 2.24) is 25.2 Å². The summed E-state index contributed by atoms with van der Waals surface area (Å²) in [6, 6.07) is 15.2. The van der Waals surface area contributed by atoms with Crippen molar-refractivity contribution >= 4 is 11.6 Å². The van der Waals surface area contributed by atoms with Crippen molar-refractivity contribution in [3.63, 3.8) is 0 Å². The highest BCUT2D eigenvalue weighted by Gasteiger charge is 2.23. The SMILES string of the molecule is CCN1CCC[C@H]1CNCc1nn(Cc2c(F)cccc2Cl)nc1-c1ccccc1. The molecule has 0 amide bonds. The molecule has 1 aliphatic rings. The average molecular weight is 428 g/mol. The van der Waals surface area contributed by atoms with Crippen LogP contribution in [0.4, 0.5) is 4.39 Å². The smallest absolute Gasteiger partial charge is 0.129 e. The standard InChI is InChI=1S/C23H27ClFN5/c1-2-29-13-7-10-18(29)14-26-15-22-23(17-8-4-3-5-9-17)28-30(27-22)16-19-20(24)11-6-12-21(19)25/h3-6,8-9,11-12,18,26H,2,7,10,13-16H2,1H3/t18-/m0/s1. The first-order valence-electron chi connectivity index (χ1n) is 10.5. The zero-order valence-electron chi connectivity index (χ0n) is 17.2. The van der Waals surface area contributed by atoms with Crippen molar-refractivity contribution in [2.24, 2.45) is 0 Å². The molecule has 2 heterocycles. The first kappa shape index (κ1) is 21.0. The van der Waals surface area contributed by atoms with Crippen LogP contribution in [-0.2, 0) is 13.1 Å². The lowest BCUT2D eigenvalue weighted by atomic mass is 10.1. The summed E-state index contributed by atoms with van der Waals surface area (Å²) in [5.74, 6) is -0.346. The molecule has 0 aliphatic carbocycles. The van der Waals surface area contributed by atoms with Crippen LogP contribution in [0.5, 0.6) is 0 Å². The summed E-state index contributed by atoms with van der Waals surface area (Å²) in [7, 11) is 0. The van der Waals surface area contributed by atoms with Crippen molar-refractivity contribution < 1.29 is 4.39 Å². The van der Waals surface area contributed by atoms with Gasteiger partial charge in [-0.25, -0.2) is 4.39 Å². The van der Waals surface area contributed by atoms with Gasteiger partial charge in [0.25, 0.3) is 0 Å². The van der Waals surface area contributed by atoms with Gasteiger partial charge in [0.1, 0.15) is 17.2 Å². The molecule has 3 aromatic rings. The average Bonchev–Trinajstić information content (AvgIpc) is 3.38. The summed E-state index contributed by atoms with van der Waals surface area (Å²) < 4.78 is 14.2. The maximum atomic E-state index is 14.2. The highest BCUT2D eigenvalue weighted by molar-refractivity contribution is 6.31. The number of hydrogen-bond acceptors (Lipinski definition) is 4. The van der Waals surface area contributed by atoms with Crippen LogP contribution < -0.4 is 5.32 Å². The largest absolute Gasteiger partial charge is 0.309 e. The summed E-state index contributed by atoms with van der Waals surface area (Å²) in [5, 5.41) is 13.3. The van der Waals surface area contributed by atoms with Gasteiger partial charge < -0.3 is 5.32 Å². The molecular weight excluding hydrogens is 401 g/mol. The normalized spacial score (nSPS) is 17.0. The predicted molar refractivity (Wildman–Crippen MR) is 118 cm³/mol. The summed E-state index contributed by atoms with van der Waals surface area (Å²) in [6.07, 6.45) is 2.49. The van der Waals surface area contributed by atoms with Gasteiger partial charge in [-0.3, -0.25) is 4.90 Å². The van der Waals surface area contributed by atoms with Crippen LogP contribution in [0.1, 0.15) is 31.0 Å². The van der Waals surface area contributed by atoms with E-state index in [0.29, 0.717) is 23.2 Å². The lowest BCUT2D eigenvalue weighted by Gasteiger charge is -2.22. The van der Waals surface area contributed by atoms with E-state index in [4.69, 9.17) is 11.6 Å². The van der Waals surface area contributed by atoms with Crippen LogP contribution >= 0.6 is 11.6 Å². The van der Waals surface area contributed by atoms with Crippen LogP contribution in [0.25, 0.3) is 11.3 Å². The number of likely N-dealkylation sites (N-methyl/N-ethyl adjacent to an activating group) is 1. The van der Waals surface area contributed by atoms with E-state index in [1.165, 1.54) is 30.2 Å². The van der Waals surface area contributed by atoms with Gasteiger partial charge in [0, 0.05) is 35.3 Å².